The summed E-state index contributed by atoms with van der Waals surface area (Å²) in [5.74, 6) is 0.560. The topological polar surface area (TPSA) is 93.5 Å². The van der Waals surface area contributed by atoms with E-state index < -0.39 is 0 Å². The highest BCUT2D eigenvalue weighted by Crippen LogP contribution is 2.25. The van der Waals surface area contributed by atoms with Crippen molar-refractivity contribution in [3.8, 4) is 5.75 Å². The molecule has 0 aromatic heterocycles. The van der Waals surface area contributed by atoms with Gasteiger partial charge in [0, 0.05) is 23.4 Å². The van der Waals surface area contributed by atoms with Crippen LogP contribution in [0.1, 0.15) is 36.2 Å². The average molecular weight is 392 g/mol. The van der Waals surface area contributed by atoms with Crippen molar-refractivity contribution in [3.05, 3.63) is 47.5 Å². The van der Waals surface area contributed by atoms with Gasteiger partial charge in [0.2, 0.25) is 5.91 Å². The van der Waals surface area contributed by atoms with E-state index in [0.29, 0.717) is 34.8 Å². The normalized spacial score (nSPS) is 10.1. The lowest BCUT2D eigenvalue weighted by Crippen LogP contribution is -2.16. The molecule has 7 heteroatoms. The lowest BCUT2D eigenvalue weighted by molar-refractivity contribution is -0.116. The summed E-state index contributed by atoms with van der Waals surface area (Å²) in [6.45, 7) is 5.84. The first kappa shape index (κ1) is 22.3. The molecule has 0 atom stereocenters. The molecule has 27 heavy (non-hydrogen) atoms. The van der Waals surface area contributed by atoms with Gasteiger partial charge in [-0.05, 0) is 54.8 Å². The summed E-state index contributed by atoms with van der Waals surface area (Å²) in [6, 6.07) is 10.2. The molecule has 146 valence electrons. The average Bonchev–Trinajstić information content (AvgIpc) is 2.56. The lowest BCUT2D eigenvalue weighted by atomic mass is 10.1. The summed E-state index contributed by atoms with van der Waals surface area (Å²) in [6.07, 6.45) is 0.459. The number of amides is 2. The van der Waals surface area contributed by atoms with Gasteiger partial charge in [0.1, 0.15) is 5.75 Å². The number of carbonyl (C=O) groups excluding carboxylic acids is 2. The Hall–Kier alpha value is -2.73. The Bertz CT molecular complexity index is 822. The number of nitrogen functional groups attached to an aromatic ring is 1. The first-order valence-corrected chi connectivity index (χ1v) is 8.45. The first-order chi connectivity index (χ1) is 12.3. The van der Waals surface area contributed by atoms with E-state index in [1.165, 1.54) is 7.11 Å². The fraction of sp³-hybridized carbons (Fsp3) is 0.300. The minimum atomic E-state index is -0.252. The summed E-state index contributed by atoms with van der Waals surface area (Å²) >= 11 is 0. The predicted octanol–water partition coefficient (Wildman–Crippen LogP) is 4.24. The Labute approximate surface area is 165 Å². The molecule has 2 amide bonds. The van der Waals surface area contributed by atoms with Crippen LogP contribution in [-0.4, -0.2) is 18.9 Å². The molecule has 0 saturated heterocycles. The van der Waals surface area contributed by atoms with E-state index in [0.717, 1.165) is 5.56 Å². The van der Waals surface area contributed by atoms with Crippen molar-refractivity contribution in [2.24, 2.45) is 5.92 Å². The summed E-state index contributed by atoms with van der Waals surface area (Å²) in [5.41, 5.74) is 8.92. The van der Waals surface area contributed by atoms with Crippen LogP contribution in [0.25, 0.3) is 0 Å². The molecule has 6 nitrogen and oxygen atoms in total. The molecular formula is C20H26ClN3O3. The Balaban J connectivity index is 0.00000364. The molecule has 0 bridgehead atoms. The number of halogens is 1. The standard InChI is InChI=1S/C20H25N3O3.ClH/c1-12(2)9-19(24)23-17-7-5-14(10-13(17)3)20(25)22-15-6-8-18(26-4)16(21)11-15;/h5-8,10-12H,9,21H2,1-4H3,(H,22,25)(H,23,24);1H. The van der Waals surface area contributed by atoms with Crippen molar-refractivity contribution in [2.75, 3.05) is 23.5 Å². The highest BCUT2D eigenvalue weighted by molar-refractivity contribution is 6.05. The Morgan fingerprint density at radius 3 is 2.37 bits per heavy atom. The van der Waals surface area contributed by atoms with Crippen molar-refractivity contribution in [1.29, 1.82) is 0 Å². The van der Waals surface area contributed by atoms with Crippen LogP contribution < -0.4 is 21.1 Å². The molecule has 0 aliphatic carbocycles. The van der Waals surface area contributed by atoms with Crippen LogP contribution in [0.2, 0.25) is 0 Å². The maximum atomic E-state index is 12.4. The monoisotopic (exact) mass is 391 g/mol. The Kier molecular flexibility index (Phi) is 8.12. The molecule has 0 fully saturated rings. The molecule has 0 saturated carbocycles. The van der Waals surface area contributed by atoms with Gasteiger partial charge < -0.3 is 21.1 Å². The highest BCUT2D eigenvalue weighted by atomic mass is 35.5. The Morgan fingerprint density at radius 2 is 1.81 bits per heavy atom. The van der Waals surface area contributed by atoms with Crippen LogP contribution in [0.3, 0.4) is 0 Å². The molecule has 0 radical (unpaired) electrons. The second-order valence-corrected chi connectivity index (χ2v) is 6.59. The molecular weight excluding hydrogens is 366 g/mol. The summed E-state index contributed by atoms with van der Waals surface area (Å²) < 4.78 is 5.10. The molecule has 2 aromatic carbocycles. The first-order valence-electron chi connectivity index (χ1n) is 8.45. The van der Waals surface area contributed by atoms with Gasteiger partial charge >= 0.3 is 0 Å². The number of methoxy groups -OCH3 is 1. The maximum Gasteiger partial charge on any atom is 0.255 e. The molecule has 0 aliphatic rings. The number of benzene rings is 2. The maximum absolute atomic E-state index is 12.4. The van der Waals surface area contributed by atoms with Crippen LogP contribution in [0.5, 0.6) is 5.75 Å². The van der Waals surface area contributed by atoms with Gasteiger partial charge in [-0.3, -0.25) is 9.59 Å². The minimum Gasteiger partial charge on any atom is -0.495 e. The third kappa shape index (κ3) is 6.18. The van der Waals surface area contributed by atoms with E-state index in [1.807, 2.05) is 20.8 Å². The predicted molar refractivity (Wildman–Crippen MR) is 112 cm³/mol. The molecule has 0 spiro atoms. The lowest BCUT2D eigenvalue weighted by Gasteiger charge is -2.12. The van der Waals surface area contributed by atoms with Crippen molar-refractivity contribution < 1.29 is 14.3 Å². The van der Waals surface area contributed by atoms with Crippen LogP contribution in [0, 0.1) is 12.8 Å². The number of rotatable bonds is 6. The van der Waals surface area contributed by atoms with Crippen molar-refractivity contribution in [3.63, 3.8) is 0 Å². The SMILES string of the molecule is COc1ccc(NC(=O)c2ccc(NC(=O)CC(C)C)c(C)c2)cc1N.Cl. The van der Waals surface area contributed by atoms with E-state index in [9.17, 15) is 9.59 Å². The van der Waals surface area contributed by atoms with Gasteiger partial charge in [-0.25, -0.2) is 0 Å². The van der Waals surface area contributed by atoms with Gasteiger partial charge in [0.15, 0.2) is 0 Å². The van der Waals surface area contributed by atoms with E-state index in [4.69, 9.17) is 10.5 Å². The van der Waals surface area contributed by atoms with E-state index in [1.54, 1.807) is 36.4 Å². The highest BCUT2D eigenvalue weighted by Gasteiger charge is 2.11. The van der Waals surface area contributed by atoms with Gasteiger partial charge in [0.05, 0.1) is 12.8 Å². The third-order valence-corrected chi connectivity index (χ3v) is 3.84. The number of ether oxygens (including phenoxy) is 1. The number of hydrogen-bond acceptors (Lipinski definition) is 4. The van der Waals surface area contributed by atoms with Crippen LogP contribution in [0.15, 0.2) is 36.4 Å². The second-order valence-electron chi connectivity index (χ2n) is 6.59. The van der Waals surface area contributed by atoms with Gasteiger partial charge in [-0.1, -0.05) is 13.8 Å². The van der Waals surface area contributed by atoms with Crippen LogP contribution in [0.4, 0.5) is 17.1 Å². The van der Waals surface area contributed by atoms with Crippen LogP contribution >= 0.6 is 12.4 Å². The number of aryl methyl sites for hydroxylation is 1. The summed E-state index contributed by atoms with van der Waals surface area (Å²) in [5, 5.41) is 5.68. The molecule has 0 heterocycles. The fourth-order valence-corrected chi connectivity index (χ4v) is 2.53. The number of hydrogen-bond donors (Lipinski definition) is 3. The number of nitrogens with one attached hydrogen (secondary N) is 2. The molecule has 4 N–H and O–H groups in total. The zero-order valence-electron chi connectivity index (χ0n) is 16.0. The Morgan fingerprint density at radius 1 is 1.11 bits per heavy atom. The van der Waals surface area contributed by atoms with E-state index in [2.05, 4.69) is 10.6 Å². The second kappa shape index (κ2) is 9.83. The zero-order chi connectivity index (χ0) is 19.3. The van der Waals surface area contributed by atoms with Gasteiger partial charge in [-0.2, -0.15) is 0 Å². The minimum absolute atomic E-state index is 0. The van der Waals surface area contributed by atoms with Crippen molar-refractivity contribution in [1.82, 2.24) is 0 Å². The third-order valence-electron chi connectivity index (χ3n) is 3.84. The number of anilines is 3. The van der Waals surface area contributed by atoms with Gasteiger partial charge in [0.25, 0.3) is 5.91 Å². The fourth-order valence-electron chi connectivity index (χ4n) is 2.53. The number of carbonyl (C=O) groups is 2. The quantitative estimate of drug-likeness (QED) is 0.642. The summed E-state index contributed by atoms with van der Waals surface area (Å²) in [4.78, 5) is 24.3. The molecule has 2 aromatic rings. The van der Waals surface area contributed by atoms with Crippen molar-refractivity contribution in [2.45, 2.75) is 27.2 Å². The molecule has 0 unspecified atom stereocenters. The van der Waals surface area contributed by atoms with Gasteiger partial charge in [-0.15, -0.1) is 12.4 Å². The summed E-state index contributed by atoms with van der Waals surface area (Å²) in [7, 11) is 1.54. The number of nitrogens with two attached hydrogens (primary N) is 1. The molecule has 0 aliphatic heterocycles. The molecule has 2 rings (SSSR count). The van der Waals surface area contributed by atoms with Crippen molar-refractivity contribution >= 4 is 41.3 Å². The van der Waals surface area contributed by atoms with E-state index >= 15 is 0 Å². The largest absolute Gasteiger partial charge is 0.495 e. The zero-order valence-corrected chi connectivity index (χ0v) is 16.8. The van der Waals surface area contributed by atoms with E-state index in [-0.39, 0.29) is 30.1 Å². The smallest absolute Gasteiger partial charge is 0.255 e. The van der Waals surface area contributed by atoms with Crippen LogP contribution in [-0.2, 0) is 4.79 Å².